The van der Waals surface area contributed by atoms with E-state index in [1.54, 1.807) is 24.3 Å². The lowest BCUT2D eigenvalue weighted by Gasteiger charge is -2.08. The number of benzene rings is 2. The third-order valence-corrected chi connectivity index (χ3v) is 4.43. The van der Waals surface area contributed by atoms with Crippen LogP contribution in [0.25, 0.3) is 0 Å². The van der Waals surface area contributed by atoms with Gasteiger partial charge < -0.3 is 11.1 Å². The number of nitrogen functional groups attached to an aromatic ring is 1. The standard InChI is InChI=1S/C14H11BrClFN2OS/c15-8-1-3-12(10(16)5-8)19-14(20)7-21-13-4-2-9(17)6-11(13)18/h1-6H,7,18H2,(H,19,20). The quantitative estimate of drug-likeness (QED) is 0.595. The van der Waals surface area contributed by atoms with Crippen molar-refractivity contribution in [2.45, 2.75) is 4.90 Å². The second-order valence-electron chi connectivity index (χ2n) is 4.14. The van der Waals surface area contributed by atoms with E-state index >= 15 is 0 Å². The van der Waals surface area contributed by atoms with Crippen LogP contribution < -0.4 is 11.1 Å². The van der Waals surface area contributed by atoms with Gasteiger partial charge in [-0.25, -0.2) is 4.39 Å². The molecule has 0 unspecified atom stereocenters. The third kappa shape index (κ3) is 4.62. The van der Waals surface area contributed by atoms with Crippen molar-refractivity contribution >= 4 is 56.6 Å². The van der Waals surface area contributed by atoms with Crippen LogP contribution in [0.4, 0.5) is 15.8 Å². The summed E-state index contributed by atoms with van der Waals surface area (Å²) in [6.45, 7) is 0. The van der Waals surface area contributed by atoms with Crippen molar-refractivity contribution in [2.75, 3.05) is 16.8 Å². The molecule has 0 saturated heterocycles. The van der Waals surface area contributed by atoms with Crippen molar-refractivity contribution in [3.05, 3.63) is 51.7 Å². The van der Waals surface area contributed by atoms with Gasteiger partial charge in [0.1, 0.15) is 5.82 Å². The van der Waals surface area contributed by atoms with Crippen LogP contribution in [-0.2, 0) is 4.79 Å². The fourth-order valence-electron chi connectivity index (χ4n) is 1.57. The van der Waals surface area contributed by atoms with Crippen LogP contribution in [0.1, 0.15) is 0 Å². The summed E-state index contributed by atoms with van der Waals surface area (Å²) in [6, 6.07) is 9.28. The molecule has 21 heavy (non-hydrogen) atoms. The second kappa shape index (κ2) is 7.15. The number of nitrogens with two attached hydrogens (primary N) is 1. The number of hydrogen-bond donors (Lipinski definition) is 2. The number of nitrogens with one attached hydrogen (secondary N) is 1. The monoisotopic (exact) mass is 388 g/mol. The molecule has 0 heterocycles. The molecular formula is C14H11BrClFN2OS. The summed E-state index contributed by atoms with van der Waals surface area (Å²) in [5, 5.41) is 3.16. The Morgan fingerprint density at radius 2 is 2.10 bits per heavy atom. The van der Waals surface area contributed by atoms with Gasteiger partial charge in [0.15, 0.2) is 0 Å². The van der Waals surface area contributed by atoms with Crippen molar-refractivity contribution in [1.82, 2.24) is 0 Å². The Kier molecular flexibility index (Phi) is 5.50. The SMILES string of the molecule is Nc1cc(F)ccc1SCC(=O)Nc1ccc(Br)cc1Cl. The maximum atomic E-state index is 12.9. The Bertz CT molecular complexity index is 684. The lowest BCUT2D eigenvalue weighted by molar-refractivity contribution is -0.113. The molecule has 2 aromatic rings. The summed E-state index contributed by atoms with van der Waals surface area (Å²) in [5.74, 6) is -0.460. The molecular weight excluding hydrogens is 379 g/mol. The molecule has 3 nitrogen and oxygen atoms in total. The van der Waals surface area contributed by atoms with E-state index in [2.05, 4.69) is 21.2 Å². The van der Waals surface area contributed by atoms with Crippen LogP contribution in [0.15, 0.2) is 45.8 Å². The van der Waals surface area contributed by atoms with Crippen LogP contribution in [0, 0.1) is 5.82 Å². The molecule has 110 valence electrons. The molecule has 0 aliphatic heterocycles. The van der Waals surface area contributed by atoms with Crippen molar-refractivity contribution in [3.63, 3.8) is 0 Å². The molecule has 0 aliphatic rings. The molecule has 0 aliphatic carbocycles. The number of hydrogen-bond acceptors (Lipinski definition) is 3. The number of carbonyl (C=O) groups excluding carboxylic acids is 1. The molecule has 0 spiro atoms. The van der Waals surface area contributed by atoms with E-state index in [1.165, 1.54) is 23.9 Å². The third-order valence-electron chi connectivity index (χ3n) is 2.54. The first-order chi connectivity index (χ1) is 9.95. The van der Waals surface area contributed by atoms with E-state index in [9.17, 15) is 9.18 Å². The highest BCUT2D eigenvalue weighted by Gasteiger charge is 2.09. The van der Waals surface area contributed by atoms with E-state index in [0.29, 0.717) is 21.3 Å². The number of halogens is 3. The van der Waals surface area contributed by atoms with Gasteiger partial charge in [0.25, 0.3) is 0 Å². The first kappa shape index (κ1) is 16.1. The van der Waals surface area contributed by atoms with Crippen molar-refractivity contribution in [2.24, 2.45) is 0 Å². The number of carbonyl (C=O) groups is 1. The van der Waals surface area contributed by atoms with Gasteiger partial charge >= 0.3 is 0 Å². The number of rotatable bonds is 4. The average Bonchev–Trinajstić information content (AvgIpc) is 2.41. The van der Waals surface area contributed by atoms with Crippen molar-refractivity contribution in [3.8, 4) is 0 Å². The highest BCUT2D eigenvalue weighted by Crippen LogP contribution is 2.28. The maximum absolute atomic E-state index is 12.9. The first-order valence-corrected chi connectivity index (χ1v) is 8.04. The highest BCUT2D eigenvalue weighted by atomic mass is 79.9. The van der Waals surface area contributed by atoms with Crippen LogP contribution in [-0.4, -0.2) is 11.7 Å². The van der Waals surface area contributed by atoms with Gasteiger partial charge in [-0.05, 0) is 36.4 Å². The van der Waals surface area contributed by atoms with E-state index < -0.39 is 5.82 Å². The van der Waals surface area contributed by atoms with E-state index in [4.69, 9.17) is 17.3 Å². The van der Waals surface area contributed by atoms with E-state index in [1.807, 2.05) is 0 Å². The average molecular weight is 390 g/mol. The number of thioether (sulfide) groups is 1. The predicted octanol–water partition coefficient (Wildman–Crippen LogP) is 4.55. The summed E-state index contributed by atoms with van der Waals surface area (Å²) in [7, 11) is 0. The van der Waals surface area contributed by atoms with Gasteiger partial charge in [-0.15, -0.1) is 11.8 Å². The van der Waals surface area contributed by atoms with Gasteiger partial charge in [0.05, 0.1) is 16.5 Å². The minimum Gasteiger partial charge on any atom is -0.398 e. The summed E-state index contributed by atoms with van der Waals surface area (Å²) in [6.07, 6.45) is 0. The zero-order chi connectivity index (χ0) is 15.4. The number of anilines is 2. The summed E-state index contributed by atoms with van der Waals surface area (Å²) >= 11 is 10.5. The fraction of sp³-hybridized carbons (Fsp3) is 0.0714. The molecule has 0 atom stereocenters. The smallest absolute Gasteiger partial charge is 0.234 e. The van der Waals surface area contributed by atoms with Crippen molar-refractivity contribution < 1.29 is 9.18 Å². The number of amides is 1. The van der Waals surface area contributed by atoms with Crippen LogP contribution in [0.3, 0.4) is 0 Å². The van der Waals surface area contributed by atoms with Crippen molar-refractivity contribution in [1.29, 1.82) is 0 Å². The Morgan fingerprint density at radius 3 is 2.76 bits per heavy atom. The van der Waals surface area contributed by atoms with Gasteiger partial charge in [-0.3, -0.25) is 4.79 Å². The Balaban J connectivity index is 1.96. The fourth-order valence-corrected chi connectivity index (χ4v) is 3.04. The lowest BCUT2D eigenvalue weighted by Crippen LogP contribution is -2.14. The molecule has 0 fully saturated rings. The van der Waals surface area contributed by atoms with E-state index in [0.717, 1.165) is 4.47 Å². The summed E-state index contributed by atoms with van der Waals surface area (Å²) < 4.78 is 13.8. The molecule has 0 bridgehead atoms. The normalized spacial score (nSPS) is 10.4. The second-order valence-corrected chi connectivity index (χ2v) is 6.48. The molecule has 2 aromatic carbocycles. The van der Waals surface area contributed by atoms with Gasteiger partial charge in [0.2, 0.25) is 5.91 Å². The highest BCUT2D eigenvalue weighted by molar-refractivity contribution is 9.10. The summed E-state index contributed by atoms with van der Waals surface area (Å²) in [5.41, 5.74) is 6.54. The minimum atomic E-state index is -0.400. The molecule has 1 amide bonds. The Labute approximate surface area is 139 Å². The van der Waals surface area contributed by atoms with Gasteiger partial charge in [-0.1, -0.05) is 27.5 Å². The molecule has 0 aromatic heterocycles. The minimum absolute atomic E-state index is 0.155. The largest absolute Gasteiger partial charge is 0.398 e. The van der Waals surface area contributed by atoms with Crippen LogP contribution in [0.5, 0.6) is 0 Å². The first-order valence-electron chi connectivity index (χ1n) is 5.88. The molecule has 3 N–H and O–H groups in total. The van der Waals surface area contributed by atoms with E-state index in [-0.39, 0.29) is 11.7 Å². The van der Waals surface area contributed by atoms with Gasteiger partial charge in [0, 0.05) is 15.1 Å². The van der Waals surface area contributed by atoms with Crippen LogP contribution >= 0.6 is 39.3 Å². The maximum Gasteiger partial charge on any atom is 0.234 e. The van der Waals surface area contributed by atoms with Gasteiger partial charge in [-0.2, -0.15) is 0 Å². The Hall–Kier alpha value is -1.24. The molecule has 0 radical (unpaired) electrons. The topological polar surface area (TPSA) is 55.1 Å². The molecule has 0 saturated carbocycles. The zero-order valence-electron chi connectivity index (χ0n) is 10.7. The Morgan fingerprint density at radius 1 is 1.33 bits per heavy atom. The zero-order valence-corrected chi connectivity index (χ0v) is 13.9. The lowest BCUT2D eigenvalue weighted by atomic mass is 10.3. The predicted molar refractivity (Wildman–Crippen MR) is 89.3 cm³/mol. The molecule has 7 heteroatoms. The molecule has 2 rings (SSSR count). The van der Waals surface area contributed by atoms with Crippen LogP contribution in [0.2, 0.25) is 5.02 Å². The summed E-state index contributed by atoms with van der Waals surface area (Å²) in [4.78, 5) is 12.5.